The molecule has 0 radical (unpaired) electrons. The normalized spacial score (nSPS) is 10.9. The van der Waals surface area contributed by atoms with Crippen LogP contribution in [-0.4, -0.2) is 6.10 Å². The number of benzene rings is 1. The molecule has 0 amide bonds. The molecule has 15 heavy (non-hydrogen) atoms. The van der Waals surface area contributed by atoms with E-state index in [-0.39, 0.29) is 17.5 Å². The van der Waals surface area contributed by atoms with Gasteiger partial charge in [0.1, 0.15) is 5.58 Å². The van der Waals surface area contributed by atoms with Crippen LogP contribution in [0.4, 0.5) is 0 Å². The Bertz CT molecular complexity index is 526. The van der Waals surface area contributed by atoms with Crippen molar-refractivity contribution in [3.63, 3.8) is 0 Å². The summed E-state index contributed by atoms with van der Waals surface area (Å²) in [4.78, 5) is 11.6. The van der Waals surface area contributed by atoms with Gasteiger partial charge >= 0.3 is 0 Å². The van der Waals surface area contributed by atoms with Crippen LogP contribution in [0.25, 0.3) is 11.0 Å². The smallest absolute Gasteiger partial charge is 0.288 e. The number of hydrogen-bond acceptors (Lipinski definition) is 3. The quantitative estimate of drug-likeness (QED) is 0.754. The standard InChI is InChI=1S/C12H12O3/c1-8(2)14-12-7-10(13)9-5-3-4-6-11(9)15-12/h3-8H,1-2H3. The van der Waals surface area contributed by atoms with Crippen LogP contribution in [0.2, 0.25) is 0 Å². The van der Waals surface area contributed by atoms with Crippen molar-refractivity contribution in [3.05, 3.63) is 40.6 Å². The zero-order valence-electron chi connectivity index (χ0n) is 8.69. The third kappa shape index (κ3) is 2.01. The number of hydrogen-bond donors (Lipinski definition) is 0. The fraction of sp³-hybridized carbons (Fsp3) is 0.250. The van der Waals surface area contributed by atoms with Gasteiger partial charge in [-0.05, 0) is 26.0 Å². The summed E-state index contributed by atoms with van der Waals surface area (Å²) in [5.74, 6) is 0.272. The minimum Gasteiger partial charge on any atom is -0.462 e. The zero-order chi connectivity index (χ0) is 10.8. The maximum absolute atomic E-state index is 11.6. The van der Waals surface area contributed by atoms with Gasteiger partial charge in [-0.25, -0.2) is 0 Å². The Morgan fingerprint density at radius 1 is 1.27 bits per heavy atom. The van der Waals surface area contributed by atoms with Gasteiger partial charge in [0.05, 0.1) is 17.6 Å². The lowest BCUT2D eigenvalue weighted by atomic mass is 10.2. The molecule has 3 heteroatoms. The molecule has 78 valence electrons. The van der Waals surface area contributed by atoms with Gasteiger partial charge < -0.3 is 9.15 Å². The summed E-state index contributed by atoms with van der Waals surface area (Å²) in [6, 6.07) is 8.50. The highest BCUT2D eigenvalue weighted by atomic mass is 16.6. The van der Waals surface area contributed by atoms with E-state index in [1.54, 1.807) is 12.1 Å². The van der Waals surface area contributed by atoms with Crippen LogP contribution in [0.1, 0.15) is 13.8 Å². The van der Waals surface area contributed by atoms with Crippen molar-refractivity contribution in [3.8, 4) is 5.95 Å². The predicted molar refractivity (Wildman–Crippen MR) is 58.2 cm³/mol. The van der Waals surface area contributed by atoms with Crippen LogP contribution in [0.3, 0.4) is 0 Å². The molecule has 1 aromatic carbocycles. The molecule has 1 aromatic heterocycles. The van der Waals surface area contributed by atoms with Crippen LogP contribution in [0, 0.1) is 0 Å². The van der Waals surface area contributed by atoms with E-state index < -0.39 is 0 Å². The summed E-state index contributed by atoms with van der Waals surface area (Å²) in [7, 11) is 0. The van der Waals surface area contributed by atoms with E-state index >= 15 is 0 Å². The van der Waals surface area contributed by atoms with E-state index in [0.717, 1.165) is 0 Å². The highest BCUT2D eigenvalue weighted by Gasteiger charge is 2.05. The van der Waals surface area contributed by atoms with Crippen molar-refractivity contribution in [1.29, 1.82) is 0 Å². The van der Waals surface area contributed by atoms with E-state index in [9.17, 15) is 4.79 Å². The Morgan fingerprint density at radius 3 is 2.73 bits per heavy atom. The van der Waals surface area contributed by atoms with Crippen LogP contribution < -0.4 is 10.2 Å². The average Bonchev–Trinajstić information content (AvgIpc) is 2.16. The van der Waals surface area contributed by atoms with Gasteiger partial charge in [-0.15, -0.1) is 0 Å². The predicted octanol–water partition coefficient (Wildman–Crippen LogP) is 2.58. The Kier molecular flexibility index (Phi) is 2.46. The molecule has 2 aromatic rings. The molecule has 0 aliphatic carbocycles. The second-order valence-corrected chi connectivity index (χ2v) is 3.59. The summed E-state index contributed by atoms with van der Waals surface area (Å²) >= 11 is 0. The first kappa shape index (κ1) is 9.77. The number of rotatable bonds is 2. The third-order valence-electron chi connectivity index (χ3n) is 1.96. The molecule has 0 fully saturated rings. The molecule has 1 heterocycles. The fourth-order valence-corrected chi connectivity index (χ4v) is 1.37. The lowest BCUT2D eigenvalue weighted by molar-refractivity contribution is 0.188. The molecule has 2 rings (SSSR count). The first-order valence-corrected chi connectivity index (χ1v) is 4.86. The van der Waals surface area contributed by atoms with Gasteiger partial charge in [0.2, 0.25) is 0 Å². The largest absolute Gasteiger partial charge is 0.462 e. The highest BCUT2D eigenvalue weighted by molar-refractivity contribution is 5.76. The molecule has 0 spiro atoms. The van der Waals surface area contributed by atoms with Crippen molar-refractivity contribution >= 4 is 11.0 Å². The van der Waals surface area contributed by atoms with E-state index in [1.807, 2.05) is 26.0 Å². The van der Waals surface area contributed by atoms with E-state index in [4.69, 9.17) is 9.15 Å². The maximum atomic E-state index is 11.6. The van der Waals surface area contributed by atoms with Crippen molar-refractivity contribution in [1.82, 2.24) is 0 Å². The number of fused-ring (bicyclic) bond motifs is 1. The Labute approximate surface area is 87.3 Å². The van der Waals surface area contributed by atoms with Crippen LogP contribution >= 0.6 is 0 Å². The van der Waals surface area contributed by atoms with Gasteiger partial charge in [-0.2, -0.15) is 0 Å². The van der Waals surface area contributed by atoms with E-state index in [0.29, 0.717) is 11.0 Å². The van der Waals surface area contributed by atoms with E-state index in [2.05, 4.69) is 0 Å². The lowest BCUT2D eigenvalue weighted by Crippen LogP contribution is -2.08. The van der Waals surface area contributed by atoms with Crippen molar-refractivity contribution < 1.29 is 9.15 Å². The molecule has 0 unspecified atom stereocenters. The minimum absolute atomic E-state index is 0.00527. The van der Waals surface area contributed by atoms with E-state index in [1.165, 1.54) is 6.07 Å². The molecule has 0 bridgehead atoms. The Hall–Kier alpha value is -1.77. The summed E-state index contributed by atoms with van der Waals surface area (Å²) in [6.07, 6.45) is -0.00527. The van der Waals surface area contributed by atoms with Crippen LogP contribution in [-0.2, 0) is 0 Å². The summed E-state index contributed by atoms with van der Waals surface area (Å²) in [6.45, 7) is 3.77. The van der Waals surface area contributed by atoms with Gasteiger partial charge in [0.25, 0.3) is 5.95 Å². The Morgan fingerprint density at radius 2 is 2.00 bits per heavy atom. The van der Waals surface area contributed by atoms with Gasteiger partial charge in [0, 0.05) is 0 Å². The second-order valence-electron chi connectivity index (χ2n) is 3.59. The number of para-hydroxylation sites is 1. The Balaban J connectivity index is 2.57. The molecule has 0 atom stereocenters. The molecule has 0 saturated carbocycles. The van der Waals surface area contributed by atoms with Gasteiger partial charge in [0.15, 0.2) is 5.43 Å². The molecule has 0 saturated heterocycles. The third-order valence-corrected chi connectivity index (χ3v) is 1.96. The first-order valence-electron chi connectivity index (χ1n) is 4.86. The van der Waals surface area contributed by atoms with Crippen molar-refractivity contribution in [2.75, 3.05) is 0 Å². The molecular weight excluding hydrogens is 192 g/mol. The molecule has 0 N–H and O–H groups in total. The van der Waals surface area contributed by atoms with Crippen LogP contribution in [0.5, 0.6) is 5.95 Å². The SMILES string of the molecule is CC(C)Oc1cc(=O)c2ccccc2o1. The molecule has 0 aliphatic heterocycles. The zero-order valence-corrected chi connectivity index (χ0v) is 8.69. The molecular formula is C12H12O3. The summed E-state index contributed by atoms with van der Waals surface area (Å²) in [5.41, 5.74) is 0.480. The lowest BCUT2D eigenvalue weighted by Gasteiger charge is -2.08. The number of ether oxygens (including phenoxy) is 1. The fourth-order valence-electron chi connectivity index (χ4n) is 1.37. The molecule has 3 nitrogen and oxygen atoms in total. The first-order chi connectivity index (χ1) is 7.16. The molecule has 0 aliphatic rings. The van der Waals surface area contributed by atoms with Crippen molar-refractivity contribution in [2.24, 2.45) is 0 Å². The monoisotopic (exact) mass is 204 g/mol. The van der Waals surface area contributed by atoms with Gasteiger partial charge in [-0.3, -0.25) is 4.79 Å². The topological polar surface area (TPSA) is 39.4 Å². The second kappa shape index (κ2) is 3.77. The van der Waals surface area contributed by atoms with Crippen molar-refractivity contribution in [2.45, 2.75) is 20.0 Å². The highest BCUT2D eigenvalue weighted by Crippen LogP contribution is 2.17. The van der Waals surface area contributed by atoms with Crippen LogP contribution in [0.15, 0.2) is 39.5 Å². The average molecular weight is 204 g/mol. The minimum atomic E-state index is -0.0764. The summed E-state index contributed by atoms with van der Waals surface area (Å²) in [5, 5.41) is 0.577. The van der Waals surface area contributed by atoms with Gasteiger partial charge in [-0.1, -0.05) is 12.1 Å². The summed E-state index contributed by atoms with van der Waals surface area (Å²) < 4.78 is 10.8. The maximum Gasteiger partial charge on any atom is 0.288 e.